The number of para-hydroxylation sites is 2. The standard InChI is InChI=1S/C12H12N6.C6H6O/c1-7-6-10(18-17-7)15-11-8-4-2-3-5-9(8)14-12(13)16-11;7-6-4-2-1-3-5-6/h2-6H,1H3,(H4,13,14,15,16,17,18);1-5,7H. The van der Waals surface area contributed by atoms with Crippen LogP contribution in [0.25, 0.3) is 10.9 Å². The molecule has 126 valence electrons. The molecule has 0 aliphatic heterocycles. The van der Waals surface area contributed by atoms with Gasteiger partial charge in [-0.2, -0.15) is 10.1 Å². The lowest BCUT2D eigenvalue weighted by molar-refractivity contribution is 0.475. The summed E-state index contributed by atoms with van der Waals surface area (Å²) in [6.07, 6.45) is 0. The van der Waals surface area contributed by atoms with E-state index in [0.29, 0.717) is 11.6 Å². The van der Waals surface area contributed by atoms with Crippen molar-refractivity contribution in [1.29, 1.82) is 0 Å². The highest BCUT2D eigenvalue weighted by atomic mass is 16.3. The van der Waals surface area contributed by atoms with Crippen LogP contribution in [0.3, 0.4) is 0 Å². The van der Waals surface area contributed by atoms with Gasteiger partial charge in [-0.25, -0.2) is 4.98 Å². The Morgan fingerprint density at radius 3 is 2.36 bits per heavy atom. The highest BCUT2D eigenvalue weighted by Crippen LogP contribution is 2.23. The number of aryl methyl sites for hydroxylation is 1. The monoisotopic (exact) mass is 334 g/mol. The van der Waals surface area contributed by atoms with Gasteiger partial charge in [0.15, 0.2) is 0 Å². The number of nitrogens with two attached hydrogens (primary N) is 1. The molecule has 0 radical (unpaired) electrons. The molecule has 5 N–H and O–H groups in total. The van der Waals surface area contributed by atoms with Crippen molar-refractivity contribution in [3.63, 3.8) is 0 Å². The molecule has 0 fully saturated rings. The summed E-state index contributed by atoms with van der Waals surface area (Å²) in [5.74, 6) is 2.01. The van der Waals surface area contributed by atoms with Gasteiger partial charge in [-0.15, -0.1) is 0 Å². The average Bonchev–Trinajstić information content (AvgIpc) is 3.01. The number of aromatic nitrogens is 4. The fourth-order valence-corrected chi connectivity index (χ4v) is 2.23. The minimum Gasteiger partial charge on any atom is -0.508 e. The molecule has 0 bridgehead atoms. The summed E-state index contributed by atoms with van der Waals surface area (Å²) >= 11 is 0. The summed E-state index contributed by atoms with van der Waals surface area (Å²) in [7, 11) is 0. The summed E-state index contributed by atoms with van der Waals surface area (Å²) in [4.78, 5) is 8.40. The largest absolute Gasteiger partial charge is 0.508 e. The molecule has 2 heterocycles. The van der Waals surface area contributed by atoms with Crippen LogP contribution in [0.4, 0.5) is 17.6 Å². The predicted molar refractivity (Wildman–Crippen MR) is 98.7 cm³/mol. The topological polar surface area (TPSA) is 113 Å². The Kier molecular flexibility index (Phi) is 4.75. The maximum atomic E-state index is 8.63. The van der Waals surface area contributed by atoms with E-state index >= 15 is 0 Å². The molecule has 2 aromatic heterocycles. The van der Waals surface area contributed by atoms with Crippen LogP contribution in [0.2, 0.25) is 0 Å². The third-order valence-electron chi connectivity index (χ3n) is 3.34. The van der Waals surface area contributed by atoms with E-state index in [1.807, 2.05) is 43.3 Å². The number of aromatic hydroxyl groups is 1. The molecule has 0 aliphatic carbocycles. The number of aromatic amines is 1. The summed E-state index contributed by atoms with van der Waals surface area (Å²) in [5, 5.41) is 19.6. The quantitative estimate of drug-likeness (QED) is 0.447. The van der Waals surface area contributed by atoms with E-state index in [1.165, 1.54) is 0 Å². The van der Waals surface area contributed by atoms with Gasteiger partial charge in [-0.05, 0) is 31.2 Å². The minimum absolute atomic E-state index is 0.243. The number of hydrogen-bond donors (Lipinski definition) is 4. The number of nitrogen functional groups attached to an aromatic ring is 1. The first-order valence-electron chi connectivity index (χ1n) is 7.67. The average molecular weight is 334 g/mol. The van der Waals surface area contributed by atoms with Crippen LogP contribution in [0.5, 0.6) is 5.75 Å². The fraction of sp³-hybridized carbons (Fsp3) is 0.0556. The Morgan fingerprint density at radius 2 is 1.72 bits per heavy atom. The number of nitrogens with zero attached hydrogens (tertiary/aromatic N) is 3. The van der Waals surface area contributed by atoms with E-state index in [-0.39, 0.29) is 5.95 Å². The molecule has 0 atom stereocenters. The van der Waals surface area contributed by atoms with E-state index in [2.05, 4.69) is 25.5 Å². The van der Waals surface area contributed by atoms with Gasteiger partial charge in [0.05, 0.1) is 11.2 Å². The van der Waals surface area contributed by atoms with E-state index in [1.54, 1.807) is 24.3 Å². The Balaban J connectivity index is 0.000000219. The van der Waals surface area contributed by atoms with Crippen LogP contribution in [-0.2, 0) is 0 Å². The first-order chi connectivity index (χ1) is 12.1. The third-order valence-corrected chi connectivity index (χ3v) is 3.34. The molecule has 4 rings (SSSR count). The number of fused-ring (bicyclic) bond motifs is 1. The van der Waals surface area contributed by atoms with Gasteiger partial charge in [0.1, 0.15) is 17.4 Å². The zero-order chi connectivity index (χ0) is 17.6. The van der Waals surface area contributed by atoms with Crippen molar-refractivity contribution in [3.8, 4) is 5.75 Å². The first kappa shape index (κ1) is 16.3. The maximum absolute atomic E-state index is 8.63. The molecule has 0 saturated heterocycles. The molecular formula is C18H18N6O. The number of H-pyrrole nitrogens is 1. The van der Waals surface area contributed by atoms with Crippen LogP contribution >= 0.6 is 0 Å². The van der Waals surface area contributed by atoms with Crippen LogP contribution < -0.4 is 11.1 Å². The van der Waals surface area contributed by atoms with Crippen molar-refractivity contribution in [1.82, 2.24) is 20.2 Å². The zero-order valence-corrected chi connectivity index (χ0v) is 13.6. The number of anilines is 3. The normalized spacial score (nSPS) is 10.1. The van der Waals surface area contributed by atoms with Gasteiger partial charge in [0, 0.05) is 11.5 Å². The van der Waals surface area contributed by atoms with E-state index in [0.717, 1.165) is 22.4 Å². The molecule has 4 aromatic rings. The lowest BCUT2D eigenvalue weighted by atomic mass is 10.2. The smallest absolute Gasteiger partial charge is 0.222 e. The Hall–Kier alpha value is -3.61. The number of phenolic OH excluding ortho intramolecular Hbond substituents is 1. The molecule has 0 amide bonds. The zero-order valence-electron chi connectivity index (χ0n) is 13.6. The second-order valence-electron chi connectivity index (χ2n) is 5.33. The molecular weight excluding hydrogens is 316 g/mol. The van der Waals surface area contributed by atoms with E-state index < -0.39 is 0 Å². The number of nitrogens with one attached hydrogen (secondary N) is 2. The second kappa shape index (κ2) is 7.31. The van der Waals surface area contributed by atoms with Crippen LogP contribution in [-0.4, -0.2) is 25.3 Å². The van der Waals surface area contributed by atoms with Crippen molar-refractivity contribution in [3.05, 3.63) is 66.4 Å². The predicted octanol–water partition coefficient (Wildman–Crippen LogP) is 3.38. The fourth-order valence-electron chi connectivity index (χ4n) is 2.23. The molecule has 7 heteroatoms. The molecule has 0 aliphatic rings. The van der Waals surface area contributed by atoms with E-state index in [9.17, 15) is 0 Å². The Labute approximate surface area is 144 Å². The summed E-state index contributed by atoms with van der Waals surface area (Å²) in [5.41, 5.74) is 7.41. The number of rotatable bonds is 2. The van der Waals surface area contributed by atoms with Gasteiger partial charge in [-0.1, -0.05) is 30.3 Å². The van der Waals surface area contributed by atoms with Gasteiger partial charge in [-0.3, -0.25) is 5.10 Å². The van der Waals surface area contributed by atoms with Gasteiger partial charge in [0.2, 0.25) is 5.95 Å². The van der Waals surface area contributed by atoms with Crippen molar-refractivity contribution in [2.45, 2.75) is 6.92 Å². The summed E-state index contributed by atoms with van der Waals surface area (Å²) < 4.78 is 0. The van der Waals surface area contributed by atoms with Crippen molar-refractivity contribution in [2.24, 2.45) is 0 Å². The first-order valence-corrected chi connectivity index (χ1v) is 7.67. The second-order valence-corrected chi connectivity index (χ2v) is 5.33. The van der Waals surface area contributed by atoms with Gasteiger partial charge < -0.3 is 16.2 Å². The van der Waals surface area contributed by atoms with Crippen LogP contribution in [0.1, 0.15) is 5.69 Å². The number of benzene rings is 2. The highest BCUT2D eigenvalue weighted by Gasteiger charge is 2.06. The SMILES string of the molecule is Cc1cc(Nc2nc(N)nc3ccccc23)[nH]n1.Oc1ccccc1. The van der Waals surface area contributed by atoms with Crippen molar-refractivity contribution < 1.29 is 5.11 Å². The highest BCUT2D eigenvalue weighted by molar-refractivity contribution is 5.91. The number of phenols is 1. The van der Waals surface area contributed by atoms with Crippen molar-refractivity contribution in [2.75, 3.05) is 11.1 Å². The Bertz CT molecular complexity index is 968. The third kappa shape index (κ3) is 4.23. The summed E-state index contributed by atoms with van der Waals surface area (Å²) in [6, 6.07) is 18.3. The lowest BCUT2D eigenvalue weighted by Gasteiger charge is -2.07. The minimum atomic E-state index is 0.243. The van der Waals surface area contributed by atoms with Crippen LogP contribution in [0, 0.1) is 6.92 Å². The maximum Gasteiger partial charge on any atom is 0.222 e. The van der Waals surface area contributed by atoms with Crippen molar-refractivity contribution >= 4 is 28.5 Å². The Morgan fingerprint density at radius 1 is 1.00 bits per heavy atom. The molecule has 0 saturated carbocycles. The van der Waals surface area contributed by atoms with Crippen LogP contribution in [0.15, 0.2) is 60.7 Å². The molecule has 0 unspecified atom stereocenters. The molecule has 7 nitrogen and oxygen atoms in total. The lowest BCUT2D eigenvalue weighted by Crippen LogP contribution is -2.01. The van der Waals surface area contributed by atoms with Gasteiger partial charge in [0.25, 0.3) is 0 Å². The number of hydrogen-bond acceptors (Lipinski definition) is 6. The molecule has 25 heavy (non-hydrogen) atoms. The van der Waals surface area contributed by atoms with Gasteiger partial charge >= 0.3 is 0 Å². The molecule has 2 aromatic carbocycles. The summed E-state index contributed by atoms with van der Waals surface area (Å²) in [6.45, 7) is 1.91. The molecule has 0 spiro atoms. The van der Waals surface area contributed by atoms with E-state index in [4.69, 9.17) is 10.8 Å².